The van der Waals surface area contributed by atoms with E-state index in [4.69, 9.17) is 11.6 Å². The average molecular weight is 243 g/mol. The van der Waals surface area contributed by atoms with Crippen LogP contribution in [-0.4, -0.2) is 16.3 Å². The minimum Gasteiger partial charge on any atom is -0.388 e. The number of rotatable bonds is 2. The maximum Gasteiger partial charge on any atom is 0.574 e. The van der Waals surface area contributed by atoms with Crippen LogP contribution in [0.25, 0.3) is 0 Å². The van der Waals surface area contributed by atoms with E-state index in [1.807, 2.05) is 0 Å². The highest BCUT2D eigenvalue weighted by atomic mass is 35.5. The molecule has 0 N–H and O–H groups in total. The molecular weight excluding hydrogens is 241 g/mol. The molecule has 0 fully saturated rings. The number of ether oxygens (including phenoxy) is 1. The van der Waals surface area contributed by atoms with Crippen molar-refractivity contribution in [2.24, 2.45) is 0 Å². The summed E-state index contributed by atoms with van der Waals surface area (Å²) >= 11 is 5.25. The summed E-state index contributed by atoms with van der Waals surface area (Å²) in [6, 6.07) is 1.48. The number of pyridine rings is 1. The van der Waals surface area contributed by atoms with E-state index in [0.717, 1.165) is 6.07 Å². The molecule has 1 rings (SSSR count). The largest absolute Gasteiger partial charge is 0.574 e. The molecule has 9 heteroatoms. The molecule has 0 unspecified atom stereocenters. The summed E-state index contributed by atoms with van der Waals surface area (Å²) < 4.78 is 38.5. The SMILES string of the molecule is O=[N+]([O-])c1ccc(OC(F)(F)F)nc1Cl. The fraction of sp³-hybridized carbons (Fsp3) is 0.167. The number of aromatic nitrogens is 1. The summed E-state index contributed by atoms with van der Waals surface area (Å²) in [5, 5.41) is 9.57. The summed E-state index contributed by atoms with van der Waals surface area (Å²) in [4.78, 5) is 12.4. The smallest absolute Gasteiger partial charge is 0.388 e. The van der Waals surface area contributed by atoms with Crippen LogP contribution in [0.3, 0.4) is 0 Å². The second-order valence-electron chi connectivity index (χ2n) is 2.26. The van der Waals surface area contributed by atoms with Crippen molar-refractivity contribution in [3.05, 3.63) is 27.4 Å². The van der Waals surface area contributed by atoms with Crippen molar-refractivity contribution in [1.82, 2.24) is 4.98 Å². The number of nitrogens with zero attached hydrogens (tertiary/aromatic N) is 2. The normalized spacial score (nSPS) is 11.2. The number of nitro groups is 1. The Bertz CT molecular complexity index is 396. The van der Waals surface area contributed by atoms with Crippen LogP contribution in [0.1, 0.15) is 0 Å². The van der Waals surface area contributed by atoms with Crippen molar-refractivity contribution in [2.45, 2.75) is 6.36 Å². The van der Waals surface area contributed by atoms with E-state index in [0.29, 0.717) is 6.07 Å². The zero-order valence-electron chi connectivity index (χ0n) is 6.79. The van der Waals surface area contributed by atoms with Gasteiger partial charge in [-0.3, -0.25) is 10.1 Å². The molecule has 0 atom stereocenters. The van der Waals surface area contributed by atoms with Crippen LogP contribution in [-0.2, 0) is 0 Å². The zero-order valence-corrected chi connectivity index (χ0v) is 7.54. The molecule has 1 heterocycles. The van der Waals surface area contributed by atoms with Gasteiger partial charge >= 0.3 is 12.0 Å². The topological polar surface area (TPSA) is 65.3 Å². The summed E-state index contributed by atoms with van der Waals surface area (Å²) in [6.45, 7) is 0. The van der Waals surface area contributed by atoms with Crippen molar-refractivity contribution in [3.8, 4) is 5.88 Å². The van der Waals surface area contributed by atoms with Gasteiger partial charge in [-0.25, -0.2) is 0 Å². The Morgan fingerprint density at radius 3 is 2.47 bits per heavy atom. The average Bonchev–Trinajstić information content (AvgIpc) is 1.99. The monoisotopic (exact) mass is 242 g/mol. The van der Waals surface area contributed by atoms with Gasteiger partial charge in [0.05, 0.1) is 4.92 Å². The quantitative estimate of drug-likeness (QED) is 0.454. The van der Waals surface area contributed by atoms with Gasteiger partial charge in [-0.15, -0.1) is 13.2 Å². The number of hydrogen-bond acceptors (Lipinski definition) is 4. The predicted octanol–water partition coefficient (Wildman–Crippen LogP) is 2.54. The van der Waals surface area contributed by atoms with Crippen molar-refractivity contribution in [1.29, 1.82) is 0 Å². The molecule has 0 aliphatic carbocycles. The van der Waals surface area contributed by atoms with Crippen molar-refractivity contribution in [3.63, 3.8) is 0 Å². The highest BCUT2D eigenvalue weighted by Gasteiger charge is 2.32. The fourth-order valence-corrected chi connectivity index (χ4v) is 0.937. The molecule has 0 saturated carbocycles. The standard InChI is InChI=1S/C6H2ClF3N2O3/c7-5-3(12(13)14)1-2-4(11-5)15-6(8,9)10/h1-2H. The molecule has 0 amide bonds. The Morgan fingerprint density at radius 2 is 2.07 bits per heavy atom. The molecule has 0 aliphatic heterocycles. The Balaban J connectivity index is 2.97. The minimum atomic E-state index is -4.91. The lowest BCUT2D eigenvalue weighted by Gasteiger charge is -2.07. The number of hydrogen-bond donors (Lipinski definition) is 0. The molecule has 0 bridgehead atoms. The highest BCUT2D eigenvalue weighted by molar-refractivity contribution is 6.31. The maximum atomic E-state index is 11.7. The van der Waals surface area contributed by atoms with Gasteiger partial charge in [0.25, 0.3) is 0 Å². The molecule has 1 aromatic rings. The molecular formula is C6H2ClF3N2O3. The van der Waals surface area contributed by atoms with E-state index in [1.54, 1.807) is 0 Å². The molecule has 0 aliphatic rings. The van der Waals surface area contributed by atoms with E-state index in [2.05, 4.69) is 9.72 Å². The molecule has 1 aromatic heterocycles. The molecule has 0 aromatic carbocycles. The second kappa shape index (κ2) is 3.89. The highest BCUT2D eigenvalue weighted by Crippen LogP contribution is 2.27. The van der Waals surface area contributed by atoms with Gasteiger partial charge in [-0.05, 0) is 0 Å². The van der Waals surface area contributed by atoms with Crippen LogP contribution in [0.4, 0.5) is 18.9 Å². The van der Waals surface area contributed by atoms with Crippen LogP contribution in [0.15, 0.2) is 12.1 Å². The van der Waals surface area contributed by atoms with Crippen molar-refractivity contribution < 1.29 is 22.8 Å². The first-order chi connectivity index (χ1) is 6.79. The first kappa shape index (κ1) is 11.5. The predicted molar refractivity (Wildman–Crippen MR) is 42.6 cm³/mol. The number of alkyl halides is 3. The van der Waals surface area contributed by atoms with E-state index >= 15 is 0 Å². The van der Waals surface area contributed by atoms with Crippen LogP contribution < -0.4 is 4.74 Å². The second-order valence-corrected chi connectivity index (χ2v) is 2.62. The van der Waals surface area contributed by atoms with Crippen LogP contribution in [0, 0.1) is 10.1 Å². The first-order valence-corrected chi connectivity index (χ1v) is 3.74. The third kappa shape index (κ3) is 3.24. The van der Waals surface area contributed by atoms with Gasteiger partial charge < -0.3 is 4.74 Å². The molecule has 0 spiro atoms. The van der Waals surface area contributed by atoms with E-state index < -0.39 is 28.0 Å². The summed E-state index contributed by atoms with van der Waals surface area (Å²) in [6.07, 6.45) is -4.91. The fourth-order valence-electron chi connectivity index (χ4n) is 0.722. The van der Waals surface area contributed by atoms with Gasteiger partial charge in [0.1, 0.15) is 0 Å². The van der Waals surface area contributed by atoms with Gasteiger partial charge in [-0.2, -0.15) is 4.98 Å². The summed E-state index contributed by atoms with van der Waals surface area (Å²) in [7, 11) is 0. The van der Waals surface area contributed by atoms with Gasteiger partial charge in [0, 0.05) is 12.1 Å². The minimum absolute atomic E-state index is 0.591. The Kier molecular flexibility index (Phi) is 2.98. The van der Waals surface area contributed by atoms with E-state index in [9.17, 15) is 23.3 Å². The van der Waals surface area contributed by atoms with E-state index in [1.165, 1.54) is 0 Å². The summed E-state index contributed by atoms with van der Waals surface area (Å²) in [5.41, 5.74) is -0.591. The van der Waals surface area contributed by atoms with Gasteiger partial charge in [0.2, 0.25) is 11.0 Å². The lowest BCUT2D eigenvalue weighted by atomic mass is 10.4. The molecule has 82 valence electrons. The first-order valence-electron chi connectivity index (χ1n) is 3.36. The molecule has 5 nitrogen and oxygen atoms in total. The van der Waals surface area contributed by atoms with Crippen LogP contribution >= 0.6 is 11.6 Å². The molecule has 0 radical (unpaired) electrons. The van der Waals surface area contributed by atoms with Crippen molar-refractivity contribution in [2.75, 3.05) is 0 Å². The summed E-state index contributed by atoms with van der Waals surface area (Å²) in [5.74, 6) is -0.849. The third-order valence-corrected chi connectivity index (χ3v) is 1.50. The van der Waals surface area contributed by atoms with E-state index in [-0.39, 0.29) is 0 Å². The van der Waals surface area contributed by atoms with Crippen molar-refractivity contribution >= 4 is 17.3 Å². The molecule has 15 heavy (non-hydrogen) atoms. The third-order valence-electron chi connectivity index (χ3n) is 1.22. The maximum absolute atomic E-state index is 11.7. The van der Waals surface area contributed by atoms with Crippen LogP contribution in [0.5, 0.6) is 5.88 Å². The van der Waals surface area contributed by atoms with Gasteiger partial charge in [-0.1, -0.05) is 11.6 Å². The Morgan fingerprint density at radius 1 is 1.47 bits per heavy atom. The zero-order chi connectivity index (χ0) is 11.6. The van der Waals surface area contributed by atoms with Crippen LogP contribution in [0.2, 0.25) is 5.15 Å². The lowest BCUT2D eigenvalue weighted by molar-refractivity contribution is -0.385. The Hall–Kier alpha value is -1.57. The Labute approximate surface area is 85.6 Å². The van der Waals surface area contributed by atoms with Gasteiger partial charge in [0.15, 0.2) is 0 Å². The number of halogens is 4. The molecule has 0 saturated heterocycles. The lowest BCUT2D eigenvalue weighted by Crippen LogP contribution is -2.17.